The third-order valence-electron chi connectivity index (χ3n) is 2.29. The minimum Gasteiger partial charge on any atom is -0.393 e. The molecule has 0 atom stereocenters. The molecule has 17 heavy (non-hydrogen) atoms. The number of thiocarbonyl (C=S) groups is 1. The van der Waals surface area contributed by atoms with Gasteiger partial charge in [-0.15, -0.1) is 0 Å². The molecule has 0 saturated heterocycles. The van der Waals surface area contributed by atoms with Crippen LogP contribution in [0.4, 0.5) is 5.69 Å². The number of hydrogen-bond donors (Lipinski definition) is 1. The molecule has 0 aliphatic heterocycles. The summed E-state index contributed by atoms with van der Waals surface area (Å²) in [5.41, 5.74) is 6.61. The second-order valence-corrected chi connectivity index (χ2v) is 4.90. The van der Waals surface area contributed by atoms with Gasteiger partial charge < -0.3 is 15.4 Å². The van der Waals surface area contributed by atoms with Gasteiger partial charge in [0.1, 0.15) is 0 Å². The monoisotopic (exact) mass is 317 g/mol. The van der Waals surface area contributed by atoms with Gasteiger partial charge in [-0.3, -0.25) is 4.98 Å². The lowest BCUT2D eigenvalue weighted by atomic mass is 10.3. The number of hydrogen-bond acceptors (Lipinski definition) is 4. The summed E-state index contributed by atoms with van der Waals surface area (Å²) in [4.78, 5) is 6.75. The van der Waals surface area contributed by atoms with Crippen LogP contribution in [-0.4, -0.2) is 36.8 Å². The molecule has 1 aromatic rings. The van der Waals surface area contributed by atoms with Crippen molar-refractivity contribution in [1.29, 1.82) is 0 Å². The van der Waals surface area contributed by atoms with Crippen molar-refractivity contribution < 1.29 is 4.74 Å². The number of nitrogens with zero attached hydrogens (tertiary/aromatic N) is 2. The highest BCUT2D eigenvalue weighted by Gasteiger charge is 2.09. The van der Waals surface area contributed by atoms with Crippen LogP contribution >= 0.6 is 28.1 Å². The summed E-state index contributed by atoms with van der Waals surface area (Å²) in [6.45, 7) is 2.23. The first-order valence-electron chi connectivity index (χ1n) is 5.27. The fourth-order valence-corrected chi connectivity index (χ4v) is 2.02. The van der Waals surface area contributed by atoms with Crippen molar-refractivity contribution in [2.24, 2.45) is 5.73 Å². The molecule has 1 heterocycles. The van der Waals surface area contributed by atoms with Gasteiger partial charge in [-0.05, 0) is 22.0 Å². The van der Waals surface area contributed by atoms with Crippen molar-refractivity contribution in [1.82, 2.24) is 4.98 Å². The molecule has 1 rings (SSSR count). The molecule has 2 N–H and O–H groups in total. The molecule has 0 saturated carbocycles. The zero-order valence-electron chi connectivity index (χ0n) is 9.73. The third kappa shape index (κ3) is 4.97. The quantitative estimate of drug-likeness (QED) is 0.779. The van der Waals surface area contributed by atoms with Gasteiger partial charge in [0.2, 0.25) is 0 Å². The Bertz CT molecular complexity index is 375. The summed E-state index contributed by atoms with van der Waals surface area (Å²) in [6, 6.07) is 1.96. The number of methoxy groups -OCH3 is 1. The zero-order valence-corrected chi connectivity index (χ0v) is 12.1. The predicted molar refractivity (Wildman–Crippen MR) is 77.4 cm³/mol. The predicted octanol–water partition coefficient (Wildman–Crippen LogP) is 1.97. The van der Waals surface area contributed by atoms with Crippen LogP contribution in [0.15, 0.2) is 22.9 Å². The maximum atomic E-state index is 5.53. The topological polar surface area (TPSA) is 51.4 Å². The molecule has 94 valence electrons. The van der Waals surface area contributed by atoms with E-state index in [1.54, 1.807) is 19.5 Å². The van der Waals surface area contributed by atoms with Gasteiger partial charge in [0.05, 0.1) is 21.8 Å². The Hall–Kier alpha value is -0.720. The minimum absolute atomic E-state index is 0.526. The number of anilines is 1. The van der Waals surface area contributed by atoms with Crippen molar-refractivity contribution in [3.8, 4) is 0 Å². The number of nitrogens with two attached hydrogens (primary N) is 1. The fourth-order valence-electron chi connectivity index (χ4n) is 1.42. The summed E-state index contributed by atoms with van der Waals surface area (Å²) in [5, 5.41) is 0. The molecule has 0 aliphatic carbocycles. The molecule has 1 aromatic heterocycles. The Morgan fingerprint density at radius 1 is 1.59 bits per heavy atom. The maximum absolute atomic E-state index is 5.53. The molecule has 4 nitrogen and oxygen atoms in total. The van der Waals surface area contributed by atoms with E-state index in [1.165, 1.54) is 0 Å². The molecule has 0 unspecified atom stereocenters. The first-order chi connectivity index (χ1) is 8.15. The fraction of sp³-hybridized carbons (Fsp3) is 0.455. The van der Waals surface area contributed by atoms with Gasteiger partial charge in [0, 0.05) is 39.0 Å². The lowest BCUT2D eigenvalue weighted by Crippen LogP contribution is -2.31. The molecule has 0 fully saturated rings. The number of ether oxygens (including phenoxy) is 1. The lowest BCUT2D eigenvalue weighted by Gasteiger charge is -2.25. The van der Waals surface area contributed by atoms with Gasteiger partial charge in [0.25, 0.3) is 0 Å². The molecule has 6 heteroatoms. The van der Waals surface area contributed by atoms with E-state index < -0.39 is 0 Å². The average Bonchev–Trinajstić information content (AvgIpc) is 2.30. The van der Waals surface area contributed by atoms with Crippen LogP contribution in [0.1, 0.15) is 6.42 Å². The smallest absolute Gasteiger partial charge is 0.0745 e. The van der Waals surface area contributed by atoms with Crippen LogP contribution in [0, 0.1) is 0 Å². The second-order valence-electron chi connectivity index (χ2n) is 3.52. The van der Waals surface area contributed by atoms with Gasteiger partial charge >= 0.3 is 0 Å². The summed E-state index contributed by atoms with van der Waals surface area (Å²) >= 11 is 8.39. The Labute approximate surface area is 115 Å². The van der Waals surface area contributed by atoms with E-state index in [4.69, 9.17) is 22.7 Å². The summed E-state index contributed by atoms with van der Waals surface area (Å²) < 4.78 is 6.06. The molecule has 0 amide bonds. The number of pyridine rings is 1. The molecule has 0 aromatic carbocycles. The normalized spacial score (nSPS) is 10.2. The maximum Gasteiger partial charge on any atom is 0.0745 e. The zero-order chi connectivity index (χ0) is 12.7. The van der Waals surface area contributed by atoms with Crippen LogP contribution in [0.5, 0.6) is 0 Å². The van der Waals surface area contributed by atoms with Crippen molar-refractivity contribution in [2.45, 2.75) is 6.42 Å². The summed E-state index contributed by atoms with van der Waals surface area (Å²) in [7, 11) is 1.69. The van der Waals surface area contributed by atoms with E-state index >= 15 is 0 Å². The van der Waals surface area contributed by atoms with Gasteiger partial charge in [-0.2, -0.15) is 0 Å². The van der Waals surface area contributed by atoms with Crippen LogP contribution in [0.25, 0.3) is 0 Å². The van der Waals surface area contributed by atoms with Crippen molar-refractivity contribution in [2.75, 3.05) is 31.7 Å². The minimum atomic E-state index is 0.526. The molecule has 0 aliphatic rings. The third-order valence-corrected chi connectivity index (χ3v) is 3.10. The standard InChI is InChI=1S/C11H16BrN3OS/c1-16-7-6-15(5-3-11(13)17)10-2-4-14-8-9(10)12/h2,4,8H,3,5-7H2,1H3,(H2,13,17). The first kappa shape index (κ1) is 14.3. The van der Waals surface area contributed by atoms with E-state index in [9.17, 15) is 0 Å². The van der Waals surface area contributed by atoms with Crippen LogP contribution < -0.4 is 10.6 Å². The molecule has 0 bridgehead atoms. The number of aromatic nitrogens is 1. The molecular formula is C11H16BrN3OS. The Kier molecular flexibility index (Phi) is 6.39. The van der Waals surface area contributed by atoms with E-state index in [0.29, 0.717) is 18.0 Å². The second kappa shape index (κ2) is 7.58. The molecule has 0 radical (unpaired) electrons. The van der Waals surface area contributed by atoms with Gasteiger partial charge in [0.15, 0.2) is 0 Å². The van der Waals surface area contributed by atoms with Crippen molar-refractivity contribution >= 4 is 38.8 Å². The Morgan fingerprint density at radius 3 is 2.94 bits per heavy atom. The molecule has 0 spiro atoms. The Balaban J connectivity index is 2.74. The van der Waals surface area contributed by atoms with E-state index in [2.05, 4.69) is 25.8 Å². The Morgan fingerprint density at radius 2 is 2.35 bits per heavy atom. The van der Waals surface area contributed by atoms with Crippen LogP contribution in [-0.2, 0) is 4.74 Å². The lowest BCUT2D eigenvalue weighted by molar-refractivity contribution is 0.205. The van der Waals surface area contributed by atoms with Crippen LogP contribution in [0.2, 0.25) is 0 Å². The highest BCUT2D eigenvalue weighted by Crippen LogP contribution is 2.24. The van der Waals surface area contributed by atoms with Crippen molar-refractivity contribution in [3.05, 3.63) is 22.9 Å². The SMILES string of the molecule is COCCN(CCC(N)=S)c1ccncc1Br. The molecular weight excluding hydrogens is 302 g/mol. The highest BCUT2D eigenvalue weighted by atomic mass is 79.9. The number of rotatable bonds is 7. The number of halogens is 1. The van der Waals surface area contributed by atoms with Crippen molar-refractivity contribution in [3.63, 3.8) is 0 Å². The summed E-state index contributed by atoms with van der Waals surface area (Å²) in [5.74, 6) is 0. The average molecular weight is 318 g/mol. The van der Waals surface area contributed by atoms with E-state index in [1.807, 2.05) is 6.07 Å². The van der Waals surface area contributed by atoms with Gasteiger partial charge in [-0.1, -0.05) is 12.2 Å². The highest BCUT2D eigenvalue weighted by molar-refractivity contribution is 9.10. The van der Waals surface area contributed by atoms with Crippen LogP contribution in [0.3, 0.4) is 0 Å². The van der Waals surface area contributed by atoms with E-state index in [-0.39, 0.29) is 0 Å². The van der Waals surface area contributed by atoms with Gasteiger partial charge in [-0.25, -0.2) is 0 Å². The first-order valence-corrected chi connectivity index (χ1v) is 6.47. The largest absolute Gasteiger partial charge is 0.393 e. The van der Waals surface area contributed by atoms with E-state index in [0.717, 1.165) is 23.2 Å². The summed E-state index contributed by atoms with van der Waals surface area (Å²) in [6.07, 6.45) is 4.23.